The summed E-state index contributed by atoms with van der Waals surface area (Å²) in [5.74, 6) is 1.58. The summed E-state index contributed by atoms with van der Waals surface area (Å²) in [6.45, 7) is 6.69. The fourth-order valence-corrected chi connectivity index (χ4v) is 1.98. The molecule has 0 spiro atoms. The van der Waals surface area contributed by atoms with Crippen molar-refractivity contribution in [3.8, 4) is 0 Å². The molecule has 2 rings (SSSR count). The first kappa shape index (κ1) is 15.9. The maximum absolute atomic E-state index is 12.2. The summed E-state index contributed by atoms with van der Waals surface area (Å²) in [6.07, 6.45) is 0.949. The summed E-state index contributed by atoms with van der Waals surface area (Å²) in [7, 11) is 0. The van der Waals surface area contributed by atoms with Crippen LogP contribution in [0.5, 0.6) is 0 Å². The summed E-state index contributed by atoms with van der Waals surface area (Å²) in [4.78, 5) is 20.7. The molecule has 5 nitrogen and oxygen atoms in total. The Balaban J connectivity index is 2.07. The number of para-hydroxylation sites is 1. The number of aryl methyl sites for hydroxylation is 1. The van der Waals surface area contributed by atoms with Crippen molar-refractivity contribution in [3.63, 3.8) is 0 Å². The molecule has 0 aliphatic carbocycles. The van der Waals surface area contributed by atoms with Gasteiger partial charge in [0.25, 0.3) is 5.91 Å². The molecule has 116 valence electrons. The number of nitrogens with one attached hydrogen (secondary N) is 2. The Labute approximate surface area is 131 Å². The minimum absolute atomic E-state index is 0.165. The molecule has 0 aliphatic rings. The zero-order valence-corrected chi connectivity index (χ0v) is 13.3. The zero-order chi connectivity index (χ0) is 15.9. The molecule has 1 amide bonds. The number of carbonyl (C=O) groups excluding carboxylic acids is 1. The highest BCUT2D eigenvalue weighted by Gasteiger charge is 2.10. The Morgan fingerprint density at radius 2 is 1.91 bits per heavy atom. The quantitative estimate of drug-likeness (QED) is 0.858. The Morgan fingerprint density at radius 1 is 1.18 bits per heavy atom. The van der Waals surface area contributed by atoms with Crippen LogP contribution < -0.4 is 10.6 Å². The van der Waals surface area contributed by atoms with Gasteiger partial charge in [0.05, 0.1) is 0 Å². The number of aromatic nitrogens is 2. The average Bonchev–Trinajstić information content (AvgIpc) is 2.47. The van der Waals surface area contributed by atoms with E-state index in [2.05, 4.69) is 34.4 Å². The maximum atomic E-state index is 12.2. The second-order valence-corrected chi connectivity index (χ2v) is 5.62. The topological polar surface area (TPSA) is 66.9 Å². The van der Waals surface area contributed by atoms with Gasteiger partial charge in [0.2, 0.25) is 0 Å². The SMILES string of the molecule is Cc1nc(Nc2ccccc2)cc(C(=O)NCCC(C)C)n1. The molecule has 1 heterocycles. The maximum Gasteiger partial charge on any atom is 0.270 e. The van der Waals surface area contributed by atoms with Crippen molar-refractivity contribution in [2.24, 2.45) is 5.92 Å². The highest BCUT2D eigenvalue weighted by molar-refractivity contribution is 5.93. The smallest absolute Gasteiger partial charge is 0.270 e. The van der Waals surface area contributed by atoms with Crippen LogP contribution in [-0.4, -0.2) is 22.4 Å². The summed E-state index contributed by atoms with van der Waals surface area (Å²) in [6, 6.07) is 11.4. The highest BCUT2D eigenvalue weighted by Crippen LogP contribution is 2.14. The summed E-state index contributed by atoms with van der Waals surface area (Å²) in [5.41, 5.74) is 1.31. The lowest BCUT2D eigenvalue weighted by Crippen LogP contribution is -2.26. The van der Waals surface area contributed by atoms with Crippen molar-refractivity contribution < 1.29 is 4.79 Å². The van der Waals surface area contributed by atoms with Gasteiger partial charge in [0.1, 0.15) is 17.3 Å². The summed E-state index contributed by atoms with van der Waals surface area (Å²) >= 11 is 0. The Morgan fingerprint density at radius 3 is 2.59 bits per heavy atom. The van der Waals surface area contributed by atoms with Crippen LogP contribution in [-0.2, 0) is 0 Å². The second kappa shape index (κ2) is 7.54. The predicted molar refractivity (Wildman–Crippen MR) is 88.3 cm³/mol. The van der Waals surface area contributed by atoms with E-state index < -0.39 is 0 Å². The molecule has 0 radical (unpaired) electrons. The number of rotatable bonds is 6. The molecule has 0 atom stereocenters. The van der Waals surface area contributed by atoms with E-state index in [1.165, 1.54) is 0 Å². The molecule has 1 aromatic heterocycles. The molecule has 5 heteroatoms. The number of carbonyl (C=O) groups is 1. The number of benzene rings is 1. The molecular formula is C17H22N4O. The van der Waals surface area contributed by atoms with Crippen LogP contribution in [0.15, 0.2) is 36.4 Å². The van der Waals surface area contributed by atoms with E-state index in [-0.39, 0.29) is 5.91 Å². The first-order valence-corrected chi connectivity index (χ1v) is 7.50. The number of anilines is 2. The van der Waals surface area contributed by atoms with Gasteiger partial charge in [-0.2, -0.15) is 0 Å². The largest absolute Gasteiger partial charge is 0.351 e. The third-order valence-electron chi connectivity index (χ3n) is 3.12. The lowest BCUT2D eigenvalue weighted by Gasteiger charge is -2.10. The van der Waals surface area contributed by atoms with E-state index in [1.807, 2.05) is 30.3 Å². The zero-order valence-electron chi connectivity index (χ0n) is 13.3. The highest BCUT2D eigenvalue weighted by atomic mass is 16.1. The number of hydrogen-bond donors (Lipinski definition) is 2. The first-order valence-electron chi connectivity index (χ1n) is 7.50. The molecular weight excluding hydrogens is 276 g/mol. The number of nitrogens with zero attached hydrogens (tertiary/aromatic N) is 2. The fourth-order valence-electron chi connectivity index (χ4n) is 1.98. The van der Waals surface area contributed by atoms with Crippen LogP contribution in [0, 0.1) is 12.8 Å². The van der Waals surface area contributed by atoms with E-state index in [4.69, 9.17) is 0 Å². The molecule has 0 saturated carbocycles. The fraction of sp³-hybridized carbons (Fsp3) is 0.353. The van der Waals surface area contributed by atoms with E-state index >= 15 is 0 Å². The molecule has 0 bridgehead atoms. The predicted octanol–water partition coefficient (Wildman–Crippen LogP) is 3.30. The Hall–Kier alpha value is -2.43. The lowest BCUT2D eigenvalue weighted by atomic mass is 10.1. The summed E-state index contributed by atoms with van der Waals surface area (Å²) < 4.78 is 0. The van der Waals surface area contributed by atoms with Gasteiger partial charge >= 0.3 is 0 Å². The van der Waals surface area contributed by atoms with Gasteiger partial charge in [0, 0.05) is 18.3 Å². The van der Waals surface area contributed by atoms with Gasteiger partial charge in [-0.15, -0.1) is 0 Å². The average molecular weight is 298 g/mol. The first-order chi connectivity index (χ1) is 10.5. The van der Waals surface area contributed by atoms with Gasteiger partial charge < -0.3 is 10.6 Å². The second-order valence-electron chi connectivity index (χ2n) is 5.62. The molecule has 0 aliphatic heterocycles. The van der Waals surface area contributed by atoms with Crippen LogP contribution in [0.25, 0.3) is 0 Å². The van der Waals surface area contributed by atoms with Crippen molar-refractivity contribution in [1.29, 1.82) is 0 Å². The molecule has 1 aromatic carbocycles. The molecule has 2 aromatic rings. The molecule has 0 saturated heterocycles. The van der Waals surface area contributed by atoms with E-state index in [0.29, 0.717) is 29.8 Å². The monoisotopic (exact) mass is 298 g/mol. The summed E-state index contributed by atoms with van der Waals surface area (Å²) in [5, 5.41) is 6.07. The van der Waals surface area contributed by atoms with Crippen molar-refractivity contribution in [3.05, 3.63) is 47.9 Å². The van der Waals surface area contributed by atoms with Crippen LogP contribution in [0.1, 0.15) is 36.6 Å². The van der Waals surface area contributed by atoms with Crippen LogP contribution in [0.2, 0.25) is 0 Å². The number of hydrogen-bond acceptors (Lipinski definition) is 4. The normalized spacial score (nSPS) is 10.5. The van der Waals surface area contributed by atoms with E-state index in [0.717, 1.165) is 12.1 Å². The van der Waals surface area contributed by atoms with Crippen LogP contribution >= 0.6 is 0 Å². The molecule has 2 N–H and O–H groups in total. The minimum Gasteiger partial charge on any atom is -0.351 e. The van der Waals surface area contributed by atoms with Crippen LogP contribution in [0.3, 0.4) is 0 Å². The Kier molecular flexibility index (Phi) is 5.47. The van der Waals surface area contributed by atoms with Crippen molar-refractivity contribution in [2.75, 3.05) is 11.9 Å². The van der Waals surface area contributed by atoms with Gasteiger partial charge in [-0.3, -0.25) is 4.79 Å². The van der Waals surface area contributed by atoms with Gasteiger partial charge in [-0.25, -0.2) is 9.97 Å². The molecule has 0 unspecified atom stereocenters. The van der Waals surface area contributed by atoms with Gasteiger partial charge in [-0.1, -0.05) is 32.0 Å². The van der Waals surface area contributed by atoms with Crippen molar-refractivity contribution in [1.82, 2.24) is 15.3 Å². The molecule has 22 heavy (non-hydrogen) atoms. The third kappa shape index (κ3) is 4.84. The lowest BCUT2D eigenvalue weighted by molar-refractivity contribution is 0.0946. The van der Waals surface area contributed by atoms with E-state index in [9.17, 15) is 4.79 Å². The minimum atomic E-state index is -0.165. The standard InChI is InChI=1S/C17H22N4O/c1-12(2)9-10-18-17(22)15-11-16(20-13(3)19-15)21-14-7-5-4-6-8-14/h4-8,11-12H,9-10H2,1-3H3,(H,18,22)(H,19,20,21). The van der Waals surface area contributed by atoms with Crippen LogP contribution in [0.4, 0.5) is 11.5 Å². The molecule has 0 fully saturated rings. The number of amides is 1. The van der Waals surface area contributed by atoms with Gasteiger partial charge in [0.15, 0.2) is 0 Å². The Bertz CT molecular complexity index is 626. The van der Waals surface area contributed by atoms with Crippen molar-refractivity contribution >= 4 is 17.4 Å². The van der Waals surface area contributed by atoms with E-state index in [1.54, 1.807) is 13.0 Å². The third-order valence-corrected chi connectivity index (χ3v) is 3.12. The van der Waals surface area contributed by atoms with Gasteiger partial charge in [-0.05, 0) is 31.4 Å². The van der Waals surface area contributed by atoms with Crippen molar-refractivity contribution in [2.45, 2.75) is 27.2 Å².